The third-order valence-corrected chi connectivity index (χ3v) is 2.59. The molecule has 1 atom stereocenters. The molecule has 0 aliphatic carbocycles. The molecular formula is C14H22FNO. The molecule has 0 amide bonds. The maximum absolute atomic E-state index is 13.5. The van der Waals surface area contributed by atoms with Crippen LogP contribution in [-0.2, 0) is 0 Å². The minimum Gasteiger partial charge on any atom is -0.486 e. The average Bonchev–Trinajstić information content (AvgIpc) is 2.28. The Labute approximate surface area is 103 Å². The summed E-state index contributed by atoms with van der Waals surface area (Å²) in [5.41, 5.74) is 1.01. The second-order valence-electron chi connectivity index (χ2n) is 4.64. The fourth-order valence-electron chi connectivity index (χ4n) is 1.52. The van der Waals surface area contributed by atoms with Crippen molar-refractivity contribution >= 4 is 0 Å². The zero-order valence-electron chi connectivity index (χ0n) is 11.1. The van der Waals surface area contributed by atoms with Crippen molar-refractivity contribution in [1.29, 1.82) is 0 Å². The van der Waals surface area contributed by atoms with Crippen LogP contribution in [0, 0.1) is 12.7 Å². The number of aryl methyl sites for hydroxylation is 1. The van der Waals surface area contributed by atoms with Gasteiger partial charge in [0.2, 0.25) is 0 Å². The molecule has 0 saturated carbocycles. The van der Waals surface area contributed by atoms with Gasteiger partial charge in [-0.2, -0.15) is 0 Å². The van der Waals surface area contributed by atoms with Gasteiger partial charge in [0, 0.05) is 12.6 Å². The fraction of sp³-hybridized carbons (Fsp3) is 0.571. The molecule has 3 heteroatoms. The molecule has 2 nitrogen and oxygen atoms in total. The molecule has 17 heavy (non-hydrogen) atoms. The first-order chi connectivity index (χ1) is 8.02. The molecule has 96 valence electrons. The molecule has 0 aliphatic heterocycles. The van der Waals surface area contributed by atoms with Crippen LogP contribution in [0.2, 0.25) is 0 Å². The van der Waals surface area contributed by atoms with E-state index in [4.69, 9.17) is 4.74 Å². The van der Waals surface area contributed by atoms with E-state index >= 15 is 0 Å². The summed E-state index contributed by atoms with van der Waals surface area (Å²) in [7, 11) is 0. The van der Waals surface area contributed by atoms with Gasteiger partial charge in [0.1, 0.15) is 6.10 Å². The van der Waals surface area contributed by atoms with Crippen LogP contribution >= 0.6 is 0 Å². The summed E-state index contributed by atoms with van der Waals surface area (Å²) in [4.78, 5) is 0. The zero-order valence-corrected chi connectivity index (χ0v) is 11.1. The Bertz CT molecular complexity index is 352. The van der Waals surface area contributed by atoms with E-state index < -0.39 is 0 Å². The third kappa shape index (κ3) is 4.73. The summed E-state index contributed by atoms with van der Waals surface area (Å²) in [5.74, 6) is 0.0565. The minimum atomic E-state index is -0.293. The van der Waals surface area contributed by atoms with Gasteiger partial charge >= 0.3 is 0 Å². The van der Waals surface area contributed by atoms with Gasteiger partial charge in [-0.3, -0.25) is 0 Å². The van der Waals surface area contributed by atoms with Gasteiger partial charge in [-0.15, -0.1) is 0 Å². The molecule has 0 aromatic heterocycles. The van der Waals surface area contributed by atoms with Crippen LogP contribution in [0.4, 0.5) is 4.39 Å². The summed E-state index contributed by atoms with van der Waals surface area (Å²) >= 11 is 0. The Morgan fingerprint density at radius 3 is 2.65 bits per heavy atom. The van der Waals surface area contributed by atoms with Gasteiger partial charge in [-0.1, -0.05) is 26.8 Å². The largest absolute Gasteiger partial charge is 0.486 e. The number of ether oxygens (including phenoxy) is 1. The standard InChI is InChI=1S/C14H22FNO/c1-5-12(9-16-10(2)3)17-14-8-11(4)6-7-13(14)15/h6-8,10,12,16H,5,9H2,1-4H3. The monoisotopic (exact) mass is 239 g/mol. The lowest BCUT2D eigenvalue weighted by atomic mass is 10.2. The Kier molecular flexibility index (Phi) is 5.42. The van der Waals surface area contributed by atoms with Gasteiger partial charge in [0.15, 0.2) is 11.6 Å². The summed E-state index contributed by atoms with van der Waals surface area (Å²) < 4.78 is 19.2. The van der Waals surface area contributed by atoms with Crippen LogP contribution < -0.4 is 10.1 Å². The van der Waals surface area contributed by atoms with Crippen LogP contribution in [0.25, 0.3) is 0 Å². The molecule has 0 spiro atoms. The number of hydrogen-bond acceptors (Lipinski definition) is 2. The van der Waals surface area contributed by atoms with E-state index in [2.05, 4.69) is 19.2 Å². The molecule has 1 aromatic carbocycles. The van der Waals surface area contributed by atoms with Crippen LogP contribution in [0.15, 0.2) is 18.2 Å². The SMILES string of the molecule is CCC(CNC(C)C)Oc1cc(C)ccc1F. The first kappa shape index (κ1) is 14.0. The van der Waals surface area contributed by atoms with E-state index in [9.17, 15) is 4.39 Å². The second kappa shape index (κ2) is 6.60. The smallest absolute Gasteiger partial charge is 0.165 e. The lowest BCUT2D eigenvalue weighted by Crippen LogP contribution is -2.35. The maximum atomic E-state index is 13.5. The molecule has 0 radical (unpaired) electrons. The Hall–Kier alpha value is -1.09. The van der Waals surface area contributed by atoms with Crippen LogP contribution in [0.1, 0.15) is 32.8 Å². The number of rotatable bonds is 6. The first-order valence-electron chi connectivity index (χ1n) is 6.19. The highest BCUT2D eigenvalue weighted by atomic mass is 19.1. The maximum Gasteiger partial charge on any atom is 0.165 e. The van der Waals surface area contributed by atoms with Crippen molar-refractivity contribution in [2.24, 2.45) is 0 Å². The minimum absolute atomic E-state index is 0.00806. The van der Waals surface area contributed by atoms with Gasteiger partial charge in [-0.05, 0) is 31.0 Å². The van der Waals surface area contributed by atoms with Crippen molar-refractivity contribution in [3.63, 3.8) is 0 Å². The van der Waals surface area contributed by atoms with E-state index in [1.54, 1.807) is 12.1 Å². The molecule has 1 N–H and O–H groups in total. The number of nitrogens with one attached hydrogen (secondary N) is 1. The molecule has 1 unspecified atom stereocenters. The third-order valence-electron chi connectivity index (χ3n) is 2.59. The molecule has 0 aliphatic rings. The number of benzene rings is 1. The molecule has 0 bridgehead atoms. The number of halogens is 1. The predicted molar refractivity (Wildman–Crippen MR) is 69.0 cm³/mol. The van der Waals surface area contributed by atoms with E-state index in [0.29, 0.717) is 11.8 Å². The highest BCUT2D eigenvalue weighted by Gasteiger charge is 2.11. The van der Waals surface area contributed by atoms with Crippen molar-refractivity contribution in [2.45, 2.75) is 46.3 Å². The first-order valence-corrected chi connectivity index (χ1v) is 6.19. The van der Waals surface area contributed by atoms with E-state index in [-0.39, 0.29) is 11.9 Å². The van der Waals surface area contributed by atoms with Crippen molar-refractivity contribution in [3.8, 4) is 5.75 Å². The van der Waals surface area contributed by atoms with Crippen molar-refractivity contribution in [3.05, 3.63) is 29.6 Å². The van der Waals surface area contributed by atoms with Gasteiger partial charge in [-0.25, -0.2) is 4.39 Å². The summed E-state index contributed by atoms with van der Waals surface area (Å²) in [5, 5.41) is 3.30. The van der Waals surface area contributed by atoms with E-state index in [0.717, 1.165) is 18.5 Å². The van der Waals surface area contributed by atoms with E-state index in [1.807, 2.05) is 13.8 Å². The summed E-state index contributed by atoms with van der Waals surface area (Å²) in [6.45, 7) is 8.88. The zero-order chi connectivity index (χ0) is 12.8. The van der Waals surface area contributed by atoms with Crippen molar-refractivity contribution < 1.29 is 9.13 Å². The topological polar surface area (TPSA) is 21.3 Å². The second-order valence-corrected chi connectivity index (χ2v) is 4.64. The highest BCUT2D eigenvalue weighted by Crippen LogP contribution is 2.20. The Morgan fingerprint density at radius 1 is 1.35 bits per heavy atom. The predicted octanol–water partition coefficient (Wildman–Crippen LogP) is 3.29. The van der Waals surface area contributed by atoms with Crippen LogP contribution in [0.3, 0.4) is 0 Å². The molecule has 0 saturated heterocycles. The van der Waals surface area contributed by atoms with Crippen LogP contribution in [-0.4, -0.2) is 18.7 Å². The molecule has 0 fully saturated rings. The molecule has 0 heterocycles. The number of hydrogen-bond donors (Lipinski definition) is 1. The normalized spacial score (nSPS) is 12.8. The van der Waals surface area contributed by atoms with E-state index in [1.165, 1.54) is 6.07 Å². The summed E-state index contributed by atoms with van der Waals surface area (Å²) in [6.07, 6.45) is 0.862. The molecule has 1 rings (SSSR count). The van der Waals surface area contributed by atoms with Crippen LogP contribution in [0.5, 0.6) is 5.75 Å². The van der Waals surface area contributed by atoms with Crippen molar-refractivity contribution in [2.75, 3.05) is 6.54 Å². The Balaban J connectivity index is 2.63. The molecule has 1 aromatic rings. The van der Waals surface area contributed by atoms with Gasteiger partial charge in [0.05, 0.1) is 0 Å². The average molecular weight is 239 g/mol. The Morgan fingerprint density at radius 2 is 2.06 bits per heavy atom. The quantitative estimate of drug-likeness (QED) is 0.822. The van der Waals surface area contributed by atoms with Crippen molar-refractivity contribution in [1.82, 2.24) is 5.32 Å². The van der Waals surface area contributed by atoms with Gasteiger partial charge < -0.3 is 10.1 Å². The highest BCUT2D eigenvalue weighted by molar-refractivity contribution is 5.29. The summed E-state index contributed by atoms with van der Waals surface area (Å²) in [6, 6.07) is 5.35. The van der Waals surface area contributed by atoms with Gasteiger partial charge in [0.25, 0.3) is 0 Å². The molecular weight excluding hydrogens is 217 g/mol. The lowest BCUT2D eigenvalue weighted by Gasteiger charge is -2.20. The fourth-order valence-corrected chi connectivity index (χ4v) is 1.52. The lowest BCUT2D eigenvalue weighted by molar-refractivity contribution is 0.182.